The Hall–Kier alpha value is -3.17. The fraction of sp³-hybridized carbons (Fsp3) is 0.250. The van der Waals surface area contributed by atoms with Crippen molar-refractivity contribution in [2.75, 3.05) is 13.2 Å². The smallest absolute Gasteiger partial charge is 0.333 e. The predicted octanol–water partition coefficient (Wildman–Crippen LogP) is 5.92. The number of aryl methyl sites for hydroxylation is 2. The number of aliphatic hydroxyl groups excluding tert-OH is 1. The lowest BCUT2D eigenvalue weighted by Gasteiger charge is -2.12. The number of esters is 1. The first-order valence-electron chi connectivity index (χ1n) is 10.7. The highest BCUT2D eigenvalue weighted by Gasteiger charge is 2.08. The minimum absolute atomic E-state index is 0.113. The molecule has 3 aromatic carbocycles. The molecule has 3 nitrogen and oxygen atoms in total. The van der Waals surface area contributed by atoms with Gasteiger partial charge in [-0.25, -0.2) is 4.79 Å². The topological polar surface area (TPSA) is 46.5 Å². The van der Waals surface area contributed by atoms with Gasteiger partial charge in [0.1, 0.15) is 0 Å². The standard InChI is InChI=1S/C28H30O3/c1-20(2)28(30)31-18-4-5-26-19-27(15-14-25(26)16-17-29)24-12-10-23(11-13-24)22-8-6-21(3)7-9-22/h6-15,19,29H,1,4-5,16-18H2,2-3H3. The highest BCUT2D eigenvalue weighted by Crippen LogP contribution is 2.27. The van der Waals surface area contributed by atoms with Gasteiger partial charge in [-0.3, -0.25) is 0 Å². The van der Waals surface area contributed by atoms with Crippen LogP contribution in [0.2, 0.25) is 0 Å². The maximum atomic E-state index is 11.6. The summed E-state index contributed by atoms with van der Waals surface area (Å²) in [6, 6.07) is 23.5. The van der Waals surface area contributed by atoms with E-state index in [2.05, 4.69) is 80.2 Å². The van der Waals surface area contributed by atoms with Crippen molar-refractivity contribution in [2.24, 2.45) is 0 Å². The van der Waals surface area contributed by atoms with Gasteiger partial charge in [-0.1, -0.05) is 78.9 Å². The quantitative estimate of drug-likeness (QED) is 0.269. The van der Waals surface area contributed by atoms with E-state index in [0.717, 1.165) is 29.5 Å². The lowest BCUT2D eigenvalue weighted by molar-refractivity contribution is -0.139. The number of hydrogen-bond donors (Lipinski definition) is 1. The molecular formula is C28H30O3. The molecule has 0 bridgehead atoms. The first kappa shape index (κ1) is 22.5. The van der Waals surface area contributed by atoms with E-state index in [1.54, 1.807) is 6.92 Å². The van der Waals surface area contributed by atoms with Gasteiger partial charge in [0.15, 0.2) is 0 Å². The van der Waals surface area contributed by atoms with Crippen LogP contribution < -0.4 is 0 Å². The maximum Gasteiger partial charge on any atom is 0.333 e. The molecule has 0 fully saturated rings. The highest BCUT2D eigenvalue weighted by atomic mass is 16.5. The molecule has 160 valence electrons. The number of carbonyl (C=O) groups excluding carboxylic acids is 1. The van der Waals surface area contributed by atoms with Gasteiger partial charge < -0.3 is 9.84 Å². The maximum absolute atomic E-state index is 11.6. The summed E-state index contributed by atoms with van der Waals surface area (Å²) in [4.78, 5) is 11.6. The van der Waals surface area contributed by atoms with E-state index >= 15 is 0 Å². The molecule has 0 radical (unpaired) electrons. The zero-order valence-corrected chi connectivity index (χ0v) is 18.4. The van der Waals surface area contributed by atoms with E-state index in [9.17, 15) is 9.90 Å². The van der Waals surface area contributed by atoms with Crippen LogP contribution in [0.3, 0.4) is 0 Å². The Morgan fingerprint density at radius 3 is 1.97 bits per heavy atom. The van der Waals surface area contributed by atoms with Gasteiger partial charge in [-0.15, -0.1) is 0 Å². The van der Waals surface area contributed by atoms with E-state index in [1.807, 2.05) is 0 Å². The fourth-order valence-electron chi connectivity index (χ4n) is 3.55. The summed E-state index contributed by atoms with van der Waals surface area (Å²) in [5, 5.41) is 9.41. The zero-order valence-electron chi connectivity index (χ0n) is 18.4. The molecule has 3 rings (SSSR count). The number of benzene rings is 3. The molecule has 0 unspecified atom stereocenters. The summed E-state index contributed by atoms with van der Waals surface area (Å²) < 4.78 is 5.21. The Morgan fingerprint density at radius 1 is 0.839 bits per heavy atom. The zero-order chi connectivity index (χ0) is 22.2. The first-order chi connectivity index (χ1) is 15.0. The van der Waals surface area contributed by atoms with Crippen LogP contribution in [0.15, 0.2) is 78.9 Å². The fourth-order valence-corrected chi connectivity index (χ4v) is 3.55. The van der Waals surface area contributed by atoms with Gasteiger partial charge in [-0.05, 0) is 66.5 Å². The number of rotatable bonds is 9. The van der Waals surface area contributed by atoms with E-state index < -0.39 is 0 Å². The van der Waals surface area contributed by atoms with Crippen LogP contribution in [0, 0.1) is 6.92 Å². The summed E-state index contributed by atoms with van der Waals surface area (Å²) in [6.07, 6.45) is 2.13. The average Bonchev–Trinajstić information content (AvgIpc) is 2.78. The summed E-state index contributed by atoms with van der Waals surface area (Å²) in [5.74, 6) is -0.349. The van der Waals surface area contributed by atoms with E-state index in [1.165, 1.54) is 22.3 Å². The van der Waals surface area contributed by atoms with Gasteiger partial charge in [0, 0.05) is 12.2 Å². The Morgan fingerprint density at radius 2 is 1.39 bits per heavy atom. The van der Waals surface area contributed by atoms with Crippen LogP contribution in [0.1, 0.15) is 30.0 Å². The van der Waals surface area contributed by atoms with Crippen molar-refractivity contribution in [3.8, 4) is 22.3 Å². The predicted molar refractivity (Wildman–Crippen MR) is 127 cm³/mol. The van der Waals surface area contributed by atoms with Crippen molar-refractivity contribution < 1.29 is 14.6 Å². The van der Waals surface area contributed by atoms with Gasteiger partial charge in [0.25, 0.3) is 0 Å². The van der Waals surface area contributed by atoms with Crippen molar-refractivity contribution in [3.63, 3.8) is 0 Å². The molecule has 31 heavy (non-hydrogen) atoms. The Kier molecular flexibility index (Phi) is 7.80. The van der Waals surface area contributed by atoms with Crippen LogP contribution in [0.4, 0.5) is 0 Å². The normalized spacial score (nSPS) is 10.7. The third kappa shape index (κ3) is 6.16. The van der Waals surface area contributed by atoms with Crippen LogP contribution >= 0.6 is 0 Å². The summed E-state index contributed by atoms with van der Waals surface area (Å²) in [5.41, 5.74) is 8.68. The largest absolute Gasteiger partial charge is 0.462 e. The molecule has 0 aliphatic carbocycles. The van der Waals surface area contributed by atoms with Gasteiger partial charge in [0.2, 0.25) is 0 Å². The van der Waals surface area contributed by atoms with Crippen molar-refractivity contribution >= 4 is 5.97 Å². The van der Waals surface area contributed by atoms with Crippen molar-refractivity contribution in [3.05, 3.63) is 95.6 Å². The number of carbonyl (C=O) groups is 1. The molecule has 0 aliphatic heterocycles. The molecule has 0 spiro atoms. The molecule has 3 aromatic rings. The molecule has 0 aliphatic rings. The molecule has 1 N–H and O–H groups in total. The molecule has 0 aromatic heterocycles. The van der Waals surface area contributed by atoms with Gasteiger partial charge in [0.05, 0.1) is 6.61 Å². The minimum Gasteiger partial charge on any atom is -0.462 e. The average molecular weight is 415 g/mol. The first-order valence-corrected chi connectivity index (χ1v) is 10.7. The molecule has 0 heterocycles. The second-order valence-electron chi connectivity index (χ2n) is 7.92. The summed E-state index contributed by atoms with van der Waals surface area (Å²) >= 11 is 0. The number of aliphatic hydroxyl groups is 1. The van der Waals surface area contributed by atoms with E-state index in [0.29, 0.717) is 18.6 Å². The van der Waals surface area contributed by atoms with Gasteiger partial charge >= 0.3 is 5.97 Å². The van der Waals surface area contributed by atoms with Crippen LogP contribution in [0.5, 0.6) is 0 Å². The summed E-state index contributed by atoms with van der Waals surface area (Å²) in [6.45, 7) is 7.82. The van der Waals surface area contributed by atoms with Crippen molar-refractivity contribution in [2.45, 2.75) is 33.1 Å². The third-order valence-corrected chi connectivity index (χ3v) is 5.36. The van der Waals surface area contributed by atoms with Crippen LogP contribution in [0.25, 0.3) is 22.3 Å². The molecular weight excluding hydrogens is 384 g/mol. The van der Waals surface area contributed by atoms with Crippen LogP contribution in [-0.4, -0.2) is 24.3 Å². The molecule has 3 heteroatoms. The lowest BCUT2D eigenvalue weighted by atomic mass is 9.94. The third-order valence-electron chi connectivity index (χ3n) is 5.36. The Balaban J connectivity index is 1.75. The van der Waals surface area contributed by atoms with E-state index in [-0.39, 0.29) is 12.6 Å². The minimum atomic E-state index is -0.349. The molecule has 0 saturated carbocycles. The lowest BCUT2D eigenvalue weighted by Crippen LogP contribution is -2.07. The Labute approximate surface area is 185 Å². The van der Waals surface area contributed by atoms with Crippen molar-refractivity contribution in [1.82, 2.24) is 0 Å². The number of ether oxygens (including phenoxy) is 1. The van der Waals surface area contributed by atoms with Crippen LogP contribution in [-0.2, 0) is 22.4 Å². The second-order valence-corrected chi connectivity index (χ2v) is 7.92. The van der Waals surface area contributed by atoms with Crippen molar-refractivity contribution in [1.29, 1.82) is 0 Å². The number of hydrogen-bond acceptors (Lipinski definition) is 3. The Bertz CT molecular complexity index is 1030. The molecule has 0 amide bonds. The molecule has 0 atom stereocenters. The SMILES string of the molecule is C=C(C)C(=O)OCCCc1cc(-c2ccc(-c3ccc(C)cc3)cc2)ccc1CCO. The molecule has 0 saturated heterocycles. The highest BCUT2D eigenvalue weighted by molar-refractivity contribution is 5.86. The summed E-state index contributed by atoms with van der Waals surface area (Å²) in [7, 11) is 0. The second kappa shape index (κ2) is 10.7. The monoisotopic (exact) mass is 414 g/mol. The van der Waals surface area contributed by atoms with Gasteiger partial charge in [-0.2, -0.15) is 0 Å². The van der Waals surface area contributed by atoms with E-state index in [4.69, 9.17) is 4.74 Å².